The number of benzene rings is 2. The number of ether oxygens (including phenoxy) is 1. The fourth-order valence-electron chi connectivity index (χ4n) is 2.96. The standard InChI is InChI=1S/C21H20N6O2/c1-14-7-9-16(10-8-14)18-11-22-12-20(23-18)29-13-17-15(2)5-4-6-19(17)27-21(28)26(3)24-25-27/h4-12H,13H2,1-3H3. The normalized spacial score (nSPS) is 10.9. The summed E-state index contributed by atoms with van der Waals surface area (Å²) in [6.45, 7) is 4.21. The minimum absolute atomic E-state index is 0.219. The topological polar surface area (TPSA) is 87.7 Å². The summed E-state index contributed by atoms with van der Waals surface area (Å²) in [4.78, 5) is 21.1. The summed E-state index contributed by atoms with van der Waals surface area (Å²) in [5.41, 5.74) is 5.00. The van der Waals surface area contributed by atoms with Gasteiger partial charge in [-0.3, -0.25) is 4.98 Å². The van der Waals surface area contributed by atoms with Crippen molar-refractivity contribution in [1.82, 2.24) is 29.8 Å². The molecule has 0 N–H and O–H groups in total. The average Bonchev–Trinajstić information content (AvgIpc) is 3.06. The number of rotatable bonds is 5. The van der Waals surface area contributed by atoms with Gasteiger partial charge in [0.25, 0.3) is 0 Å². The van der Waals surface area contributed by atoms with Crippen LogP contribution in [0.2, 0.25) is 0 Å². The lowest BCUT2D eigenvalue weighted by molar-refractivity contribution is 0.291. The largest absolute Gasteiger partial charge is 0.472 e. The quantitative estimate of drug-likeness (QED) is 0.522. The van der Waals surface area contributed by atoms with Crippen LogP contribution >= 0.6 is 0 Å². The SMILES string of the molecule is Cc1ccc(-c2cncc(OCc3c(C)cccc3-n3nnn(C)c3=O)n2)cc1. The van der Waals surface area contributed by atoms with Crippen molar-refractivity contribution in [3.05, 3.63) is 82.0 Å². The van der Waals surface area contributed by atoms with E-state index in [0.717, 1.165) is 22.4 Å². The second kappa shape index (κ2) is 7.67. The molecule has 0 aliphatic heterocycles. The van der Waals surface area contributed by atoms with Crippen molar-refractivity contribution in [1.29, 1.82) is 0 Å². The van der Waals surface area contributed by atoms with Crippen LogP contribution in [0.4, 0.5) is 0 Å². The van der Waals surface area contributed by atoms with E-state index in [2.05, 4.69) is 20.4 Å². The minimum atomic E-state index is -0.321. The Morgan fingerprint density at radius 1 is 1.00 bits per heavy atom. The van der Waals surface area contributed by atoms with Crippen molar-refractivity contribution in [2.24, 2.45) is 7.05 Å². The van der Waals surface area contributed by atoms with Crippen molar-refractivity contribution in [3.63, 3.8) is 0 Å². The van der Waals surface area contributed by atoms with Crippen LogP contribution in [0.3, 0.4) is 0 Å². The molecule has 2 heterocycles. The first-order valence-electron chi connectivity index (χ1n) is 9.12. The molecule has 4 rings (SSSR count). The van der Waals surface area contributed by atoms with Gasteiger partial charge in [-0.05, 0) is 35.9 Å². The molecule has 146 valence electrons. The third-order valence-electron chi connectivity index (χ3n) is 4.66. The molecule has 2 aromatic carbocycles. The Kier molecular flexibility index (Phi) is 4.90. The van der Waals surface area contributed by atoms with Gasteiger partial charge in [-0.1, -0.05) is 42.0 Å². The van der Waals surface area contributed by atoms with Crippen LogP contribution in [0.25, 0.3) is 16.9 Å². The highest BCUT2D eigenvalue weighted by molar-refractivity contribution is 5.58. The predicted molar refractivity (Wildman–Crippen MR) is 108 cm³/mol. The zero-order chi connectivity index (χ0) is 20.4. The third-order valence-corrected chi connectivity index (χ3v) is 4.66. The monoisotopic (exact) mass is 388 g/mol. The molecule has 0 aliphatic carbocycles. The fourth-order valence-corrected chi connectivity index (χ4v) is 2.96. The first-order valence-corrected chi connectivity index (χ1v) is 9.12. The Morgan fingerprint density at radius 2 is 1.79 bits per heavy atom. The summed E-state index contributed by atoms with van der Waals surface area (Å²) in [5, 5.41) is 7.72. The molecule has 8 heteroatoms. The Morgan fingerprint density at radius 3 is 2.52 bits per heavy atom. The molecule has 8 nitrogen and oxygen atoms in total. The van der Waals surface area contributed by atoms with Crippen LogP contribution in [0.1, 0.15) is 16.7 Å². The molecule has 0 saturated carbocycles. The van der Waals surface area contributed by atoms with E-state index in [1.54, 1.807) is 19.4 Å². The molecule has 29 heavy (non-hydrogen) atoms. The Hall–Kier alpha value is -3.81. The molecule has 0 atom stereocenters. The molecule has 0 unspecified atom stereocenters. The summed E-state index contributed by atoms with van der Waals surface area (Å²) >= 11 is 0. The summed E-state index contributed by atoms with van der Waals surface area (Å²) < 4.78 is 8.37. The molecule has 0 aliphatic rings. The number of aryl methyl sites for hydroxylation is 3. The van der Waals surface area contributed by atoms with Crippen LogP contribution in [-0.4, -0.2) is 29.8 Å². The Labute approximate surface area is 167 Å². The average molecular weight is 388 g/mol. The van der Waals surface area contributed by atoms with Gasteiger partial charge < -0.3 is 4.74 Å². The Balaban J connectivity index is 1.62. The smallest absolute Gasteiger partial charge is 0.368 e. The van der Waals surface area contributed by atoms with E-state index in [-0.39, 0.29) is 12.3 Å². The molecule has 0 radical (unpaired) electrons. The lowest BCUT2D eigenvalue weighted by atomic mass is 10.1. The second-order valence-corrected chi connectivity index (χ2v) is 6.77. The maximum atomic E-state index is 12.3. The molecule has 0 bridgehead atoms. The number of hydrogen-bond acceptors (Lipinski definition) is 6. The van der Waals surface area contributed by atoms with E-state index in [4.69, 9.17) is 4.74 Å². The summed E-state index contributed by atoms with van der Waals surface area (Å²) in [6.07, 6.45) is 3.28. The highest BCUT2D eigenvalue weighted by atomic mass is 16.5. The number of hydrogen-bond donors (Lipinski definition) is 0. The molecule has 0 saturated heterocycles. The number of tetrazole rings is 1. The molecule has 2 aromatic heterocycles. The van der Waals surface area contributed by atoms with E-state index >= 15 is 0 Å². The highest BCUT2D eigenvalue weighted by Gasteiger charge is 2.14. The molecule has 0 amide bonds. The van der Waals surface area contributed by atoms with Crippen molar-refractivity contribution in [3.8, 4) is 22.8 Å². The van der Waals surface area contributed by atoms with E-state index in [1.807, 2.05) is 56.3 Å². The first kappa shape index (κ1) is 18.5. The highest BCUT2D eigenvalue weighted by Crippen LogP contribution is 2.22. The van der Waals surface area contributed by atoms with Crippen molar-refractivity contribution < 1.29 is 4.74 Å². The van der Waals surface area contributed by atoms with Crippen LogP contribution in [0.15, 0.2) is 59.7 Å². The Bertz CT molecular complexity index is 1210. The van der Waals surface area contributed by atoms with Gasteiger partial charge in [0.1, 0.15) is 6.61 Å². The van der Waals surface area contributed by atoms with Crippen molar-refractivity contribution >= 4 is 0 Å². The molecular formula is C21H20N6O2. The van der Waals surface area contributed by atoms with Gasteiger partial charge in [0.05, 0.1) is 23.8 Å². The van der Waals surface area contributed by atoms with Crippen LogP contribution in [0.5, 0.6) is 5.88 Å². The van der Waals surface area contributed by atoms with E-state index in [1.165, 1.54) is 14.9 Å². The van der Waals surface area contributed by atoms with Crippen LogP contribution in [0, 0.1) is 13.8 Å². The maximum Gasteiger partial charge on any atom is 0.368 e. The van der Waals surface area contributed by atoms with Gasteiger partial charge in [0, 0.05) is 18.2 Å². The molecule has 0 fully saturated rings. The molecular weight excluding hydrogens is 368 g/mol. The zero-order valence-electron chi connectivity index (χ0n) is 16.4. The van der Waals surface area contributed by atoms with Gasteiger partial charge in [-0.25, -0.2) is 9.78 Å². The zero-order valence-corrected chi connectivity index (χ0v) is 16.4. The summed E-state index contributed by atoms with van der Waals surface area (Å²) in [6, 6.07) is 13.7. The van der Waals surface area contributed by atoms with E-state index in [0.29, 0.717) is 11.6 Å². The first-order chi connectivity index (χ1) is 14.0. The second-order valence-electron chi connectivity index (χ2n) is 6.77. The maximum absolute atomic E-state index is 12.3. The van der Waals surface area contributed by atoms with Gasteiger partial charge in [-0.15, -0.1) is 0 Å². The lowest BCUT2D eigenvalue weighted by Crippen LogP contribution is -2.23. The molecule has 4 aromatic rings. The number of aromatic nitrogens is 6. The van der Waals surface area contributed by atoms with E-state index < -0.39 is 0 Å². The van der Waals surface area contributed by atoms with Crippen molar-refractivity contribution in [2.75, 3.05) is 0 Å². The molecule has 0 spiro atoms. The minimum Gasteiger partial charge on any atom is -0.472 e. The predicted octanol–water partition coefficient (Wildman–Crippen LogP) is 2.62. The third kappa shape index (κ3) is 3.77. The number of nitrogens with zero attached hydrogens (tertiary/aromatic N) is 6. The van der Waals surface area contributed by atoms with E-state index in [9.17, 15) is 4.79 Å². The fraction of sp³-hybridized carbons (Fsp3) is 0.190. The van der Waals surface area contributed by atoms with Crippen molar-refractivity contribution in [2.45, 2.75) is 20.5 Å². The van der Waals surface area contributed by atoms with Gasteiger partial charge in [-0.2, -0.15) is 9.36 Å². The van der Waals surface area contributed by atoms with Gasteiger partial charge in [0.15, 0.2) is 0 Å². The van der Waals surface area contributed by atoms with Crippen LogP contribution < -0.4 is 10.4 Å². The van der Waals surface area contributed by atoms with Crippen LogP contribution in [-0.2, 0) is 13.7 Å². The summed E-state index contributed by atoms with van der Waals surface area (Å²) in [5.74, 6) is 0.406. The van der Waals surface area contributed by atoms with Gasteiger partial charge >= 0.3 is 5.69 Å². The van der Waals surface area contributed by atoms with Gasteiger partial charge in [0.2, 0.25) is 5.88 Å². The lowest BCUT2D eigenvalue weighted by Gasteiger charge is -2.12. The summed E-state index contributed by atoms with van der Waals surface area (Å²) in [7, 11) is 1.56.